The SMILES string of the molecule is CC[C@H](NS(=O)(=O)c1ccc(OC)c(F)c1)c1ccc2c(c1)CCCC2. The second-order valence-electron chi connectivity index (χ2n) is 6.61. The average molecular weight is 377 g/mol. The van der Waals surface area contributed by atoms with Crippen LogP contribution in [0.15, 0.2) is 41.3 Å². The average Bonchev–Trinajstić information content (AvgIpc) is 2.65. The highest BCUT2D eigenvalue weighted by Crippen LogP contribution is 2.28. The van der Waals surface area contributed by atoms with Crippen LogP contribution in [0.3, 0.4) is 0 Å². The number of hydrogen-bond acceptors (Lipinski definition) is 3. The summed E-state index contributed by atoms with van der Waals surface area (Å²) < 4.78 is 46.8. The van der Waals surface area contributed by atoms with Gasteiger partial charge in [-0.2, -0.15) is 0 Å². The Morgan fingerprint density at radius 2 is 1.85 bits per heavy atom. The van der Waals surface area contributed by atoms with Crippen molar-refractivity contribution in [2.45, 2.75) is 50.0 Å². The zero-order valence-corrected chi connectivity index (χ0v) is 15.9. The standard InChI is InChI=1S/C20H24FNO3S/c1-3-19(16-9-8-14-6-4-5-7-15(14)12-16)22-26(23,24)17-10-11-20(25-2)18(21)13-17/h8-13,19,22H,3-7H2,1-2H3/t19-/m0/s1. The summed E-state index contributed by atoms with van der Waals surface area (Å²) in [5, 5.41) is 0. The Balaban J connectivity index is 1.86. The van der Waals surface area contributed by atoms with Gasteiger partial charge in [0.05, 0.1) is 12.0 Å². The van der Waals surface area contributed by atoms with Gasteiger partial charge in [0.25, 0.3) is 0 Å². The maximum absolute atomic E-state index is 13.9. The van der Waals surface area contributed by atoms with Crippen molar-refractivity contribution in [3.63, 3.8) is 0 Å². The Hall–Kier alpha value is -1.92. The number of nitrogens with one attached hydrogen (secondary N) is 1. The van der Waals surface area contributed by atoms with E-state index in [1.807, 2.05) is 13.0 Å². The number of benzene rings is 2. The van der Waals surface area contributed by atoms with Crippen molar-refractivity contribution in [2.24, 2.45) is 0 Å². The molecule has 0 radical (unpaired) electrons. The lowest BCUT2D eigenvalue weighted by atomic mass is 9.89. The Labute approximate surface area is 154 Å². The largest absolute Gasteiger partial charge is 0.494 e. The molecule has 0 bridgehead atoms. The molecule has 4 nitrogen and oxygen atoms in total. The van der Waals surface area contributed by atoms with Gasteiger partial charge in [0, 0.05) is 6.04 Å². The number of methoxy groups -OCH3 is 1. The fraction of sp³-hybridized carbons (Fsp3) is 0.400. The minimum Gasteiger partial charge on any atom is -0.494 e. The van der Waals surface area contributed by atoms with Crippen LogP contribution in [0.5, 0.6) is 5.75 Å². The second kappa shape index (κ2) is 7.76. The number of fused-ring (bicyclic) bond motifs is 1. The van der Waals surface area contributed by atoms with E-state index in [1.54, 1.807) is 0 Å². The van der Waals surface area contributed by atoms with E-state index in [0.29, 0.717) is 6.42 Å². The fourth-order valence-electron chi connectivity index (χ4n) is 3.43. The molecule has 3 rings (SSSR count). The number of aryl methyl sites for hydroxylation is 2. The Kier molecular flexibility index (Phi) is 5.63. The molecule has 1 atom stereocenters. The van der Waals surface area contributed by atoms with Gasteiger partial charge >= 0.3 is 0 Å². The van der Waals surface area contributed by atoms with Crippen LogP contribution in [0.4, 0.5) is 4.39 Å². The highest BCUT2D eigenvalue weighted by Gasteiger charge is 2.22. The third-order valence-electron chi connectivity index (χ3n) is 4.91. The van der Waals surface area contributed by atoms with E-state index in [0.717, 1.165) is 24.5 Å². The molecule has 0 fully saturated rings. The first kappa shape index (κ1) is 18.9. The molecule has 0 unspecified atom stereocenters. The van der Waals surface area contributed by atoms with Crippen LogP contribution in [-0.4, -0.2) is 15.5 Å². The van der Waals surface area contributed by atoms with Crippen LogP contribution in [-0.2, 0) is 22.9 Å². The summed E-state index contributed by atoms with van der Waals surface area (Å²) in [5.41, 5.74) is 3.61. The fourth-order valence-corrected chi connectivity index (χ4v) is 4.75. The predicted octanol–water partition coefficient (Wildman–Crippen LogP) is 4.14. The third-order valence-corrected chi connectivity index (χ3v) is 6.38. The molecule has 0 aromatic heterocycles. The first-order valence-electron chi connectivity index (χ1n) is 8.92. The molecule has 0 amide bonds. The van der Waals surface area contributed by atoms with E-state index in [2.05, 4.69) is 16.9 Å². The Bertz CT molecular complexity index is 896. The summed E-state index contributed by atoms with van der Waals surface area (Å²) in [6.07, 6.45) is 5.11. The molecular weight excluding hydrogens is 353 g/mol. The lowest BCUT2D eigenvalue weighted by molar-refractivity contribution is 0.385. The van der Waals surface area contributed by atoms with Gasteiger partial charge in [-0.1, -0.05) is 25.1 Å². The molecule has 6 heteroatoms. The highest BCUT2D eigenvalue weighted by molar-refractivity contribution is 7.89. The van der Waals surface area contributed by atoms with Crippen molar-refractivity contribution in [3.8, 4) is 5.75 Å². The lowest BCUT2D eigenvalue weighted by Gasteiger charge is -2.21. The maximum Gasteiger partial charge on any atom is 0.241 e. The normalized spacial score (nSPS) is 15.3. The second-order valence-corrected chi connectivity index (χ2v) is 8.33. The van der Waals surface area contributed by atoms with Crippen LogP contribution in [0, 0.1) is 5.82 Å². The predicted molar refractivity (Wildman–Crippen MR) is 99.4 cm³/mol. The van der Waals surface area contributed by atoms with Crippen molar-refractivity contribution in [1.29, 1.82) is 0 Å². The summed E-state index contributed by atoms with van der Waals surface area (Å²) in [7, 11) is -2.49. The van der Waals surface area contributed by atoms with Crippen LogP contribution >= 0.6 is 0 Å². The minimum atomic E-state index is -3.83. The van der Waals surface area contributed by atoms with Crippen molar-refractivity contribution >= 4 is 10.0 Å². The minimum absolute atomic E-state index is 0.0191. The number of ether oxygens (including phenoxy) is 1. The van der Waals surface area contributed by atoms with Gasteiger partial charge in [0.15, 0.2) is 11.6 Å². The number of hydrogen-bond donors (Lipinski definition) is 1. The van der Waals surface area contributed by atoms with E-state index in [-0.39, 0.29) is 16.7 Å². The summed E-state index contributed by atoms with van der Waals surface area (Å²) in [5.74, 6) is -0.678. The van der Waals surface area contributed by atoms with Gasteiger partial charge in [-0.05, 0) is 67.0 Å². The molecule has 0 heterocycles. The number of sulfonamides is 1. The van der Waals surface area contributed by atoms with Crippen LogP contribution in [0.25, 0.3) is 0 Å². The monoisotopic (exact) mass is 377 g/mol. The van der Waals surface area contributed by atoms with Crippen molar-refractivity contribution in [1.82, 2.24) is 4.72 Å². The summed E-state index contributed by atoms with van der Waals surface area (Å²) in [6.45, 7) is 1.93. The Morgan fingerprint density at radius 3 is 2.50 bits per heavy atom. The van der Waals surface area contributed by atoms with Gasteiger partial charge in [-0.3, -0.25) is 0 Å². The maximum atomic E-state index is 13.9. The van der Waals surface area contributed by atoms with Crippen LogP contribution < -0.4 is 9.46 Å². The molecule has 0 saturated carbocycles. The van der Waals surface area contributed by atoms with E-state index in [4.69, 9.17) is 4.74 Å². The smallest absolute Gasteiger partial charge is 0.241 e. The molecular formula is C20H24FNO3S. The van der Waals surface area contributed by atoms with E-state index >= 15 is 0 Å². The molecule has 1 aliphatic rings. The van der Waals surface area contributed by atoms with Gasteiger partial charge < -0.3 is 4.74 Å². The van der Waals surface area contributed by atoms with E-state index < -0.39 is 15.8 Å². The van der Waals surface area contributed by atoms with Gasteiger partial charge in [-0.15, -0.1) is 0 Å². The van der Waals surface area contributed by atoms with Crippen molar-refractivity contribution in [2.75, 3.05) is 7.11 Å². The molecule has 0 spiro atoms. The van der Waals surface area contributed by atoms with Gasteiger partial charge in [-0.25, -0.2) is 17.5 Å². The topological polar surface area (TPSA) is 55.4 Å². The highest BCUT2D eigenvalue weighted by atomic mass is 32.2. The molecule has 2 aromatic carbocycles. The lowest BCUT2D eigenvalue weighted by Crippen LogP contribution is -2.28. The van der Waals surface area contributed by atoms with Gasteiger partial charge in [0.2, 0.25) is 10.0 Å². The summed E-state index contributed by atoms with van der Waals surface area (Å²) >= 11 is 0. The first-order valence-corrected chi connectivity index (χ1v) is 10.4. The molecule has 140 valence electrons. The van der Waals surface area contributed by atoms with Crippen LogP contribution in [0.2, 0.25) is 0 Å². The quantitative estimate of drug-likeness (QED) is 0.823. The van der Waals surface area contributed by atoms with Crippen molar-refractivity contribution in [3.05, 3.63) is 58.9 Å². The van der Waals surface area contributed by atoms with Crippen LogP contribution in [0.1, 0.15) is 48.9 Å². The van der Waals surface area contributed by atoms with E-state index in [9.17, 15) is 12.8 Å². The Morgan fingerprint density at radius 1 is 1.12 bits per heavy atom. The summed E-state index contributed by atoms with van der Waals surface area (Å²) in [4.78, 5) is -0.104. The van der Waals surface area contributed by atoms with E-state index in [1.165, 1.54) is 43.2 Å². The number of halogens is 1. The van der Waals surface area contributed by atoms with Gasteiger partial charge in [0.1, 0.15) is 0 Å². The number of rotatable bonds is 6. The third kappa shape index (κ3) is 3.91. The molecule has 26 heavy (non-hydrogen) atoms. The molecule has 0 aliphatic heterocycles. The molecule has 1 aliphatic carbocycles. The zero-order chi connectivity index (χ0) is 18.7. The molecule has 0 saturated heterocycles. The zero-order valence-electron chi connectivity index (χ0n) is 15.1. The molecule has 2 aromatic rings. The molecule has 1 N–H and O–H groups in total. The van der Waals surface area contributed by atoms with Crippen molar-refractivity contribution < 1.29 is 17.5 Å². The first-order chi connectivity index (χ1) is 12.4. The summed E-state index contributed by atoms with van der Waals surface area (Å²) in [6, 6.07) is 9.52.